The number of aromatic nitrogens is 2. The molecular weight excluding hydrogens is 555 g/mol. The number of halogens is 1. The van der Waals surface area contributed by atoms with E-state index in [2.05, 4.69) is 25.0 Å². The summed E-state index contributed by atoms with van der Waals surface area (Å²) in [5.41, 5.74) is 1.44. The molecule has 1 N–H and O–H groups in total. The van der Waals surface area contributed by atoms with Gasteiger partial charge in [0, 0.05) is 11.3 Å². The zero-order valence-electron chi connectivity index (χ0n) is 24.0. The fourth-order valence-electron chi connectivity index (χ4n) is 9.27. The number of esters is 1. The lowest BCUT2D eigenvalue weighted by molar-refractivity contribution is -0.193. The minimum atomic E-state index is -1.59. The van der Waals surface area contributed by atoms with Crippen LogP contribution in [0.2, 0.25) is 0 Å². The Morgan fingerprint density at radius 2 is 1.95 bits per heavy atom. The smallest absolute Gasteiger partial charge is 0.374 e. The van der Waals surface area contributed by atoms with Crippen molar-refractivity contribution in [1.29, 1.82) is 0 Å². The van der Waals surface area contributed by atoms with Gasteiger partial charge in [-0.3, -0.25) is 4.79 Å². The molecule has 0 unspecified atom stereocenters. The Morgan fingerprint density at radius 3 is 2.67 bits per heavy atom. The summed E-state index contributed by atoms with van der Waals surface area (Å²) in [7, 11) is 0. The highest BCUT2D eigenvalue weighted by atomic mass is 32.2. The molecule has 4 aliphatic carbocycles. The molecule has 3 aromatic rings. The number of rotatable bonds is 4. The second-order valence-electron chi connectivity index (χ2n) is 13.0. The summed E-state index contributed by atoms with van der Waals surface area (Å²) in [6.45, 7) is 4.30. The summed E-state index contributed by atoms with van der Waals surface area (Å²) in [5.74, 6) is -0.639. The number of ether oxygens (including phenoxy) is 1. The first-order chi connectivity index (χ1) is 20.1. The second-order valence-corrected chi connectivity index (χ2v) is 13.8. The minimum absolute atomic E-state index is 0.0907. The van der Waals surface area contributed by atoms with Gasteiger partial charge in [0.1, 0.15) is 17.5 Å². The van der Waals surface area contributed by atoms with Gasteiger partial charge in [-0.15, -0.1) is 0 Å². The summed E-state index contributed by atoms with van der Waals surface area (Å²) < 4.78 is 26.8. The molecule has 42 heavy (non-hydrogen) atoms. The third-order valence-corrected chi connectivity index (χ3v) is 11.7. The maximum atomic E-state index is 13.8. The van der Waals surface area contributed by atoms with Crippen molar-refractivity contribution >= 4 is 28.9 Å². The van der Waals surface area contributed by atoms with Crippen LogP contribution in [0.5, 0.6) is 0 Å². The molecule has 0 radical (unpaired) electrons. The van der Waals surface area contributed by atoms with E-state index >= 15 is 0 Å². The van der Waals surface area contributed by atoms with Crippen LogP contribution < -0.4 is 0 Å². The lowest BCUT2D eigenvalue weighted by atomic mass is 9.43. The number of hydrogen-bond donors (Lipinski definition) is 1. The van der Waals surface area contributed by atoms with Gasteiger partial charge >= 0.3 is 5.97 Å². The molecule has 220 valence electrons. The topological polar surface area (TPSA) is 94.6 Å². The summed E-state index contributed by atoms with van der Waals surface area (Å²) in [5, 5.41) is 17.1. The molecule has 2 heterocycles. The van der Waals surface area contributed by atoms with Crippen molar-refractivity contribution in [2.45, 2.75) is 64.1 Å². The fraction of sp³-hybridized carbons (Fsp3) is 0.485. The standard InChI is InChI=1S/C33H35FN2O5S/c1-31-16-19-17-35-36(22-9-7-21(34)8-10-22)25(19)15-20(31)6-11-23-24-12-13-27(41-29(37)26-5-4-14-40-26)32(24,2)18-33(39,28(23)31)30(38)42-3/h4-5,7-10,14-15,17,23-24,27-28,39H,6,11-13,16,18H2,1-3H3/t23-,24-,27+,28-,31-,32-,33-/m0/s1. The molecule has 2 aromatic heterocycles. The molecule has 3 fully saturated rings. The Labute approximate surface area is 248 Å². The van der Waals surface area contributed by atoms with Crippen molar-refractivity contribution in [1.82, 2.24) is 9.78 Å². The molecule has 1 aromatic carbocycles. The Balaban J connectivity index is 1.26. The van der Waals surface area contributed by atoms with Crippen LogP contribution in [0, 0.1) is 34.4 Å². The number of furan rings is 1. The summed E-state index contributed by atoms with van der Waals surface area (Å²) in [6, 6.07) is 9.56. The van der Waals surface area contributed by atoms with Gasteiger partial charge in [0.2, 0.25) is 10.9 Å². The molecule has 0 bridgehead atoms. The van der Waals surface area contributed by atoms with E-state index in [-0.39, 0.29) is 40.9 Å². The number of thioether (sulfide) groups is 1. The molecule has 7 rings (SSSR count). The maximum absolute atomic E-state index is 13.8. The van der Waals surface area contributed by atoms with E-state index in [0.717, 1.165) is 48.0 Å². The highest BCUT2D eigenvalue weighted by Crippen LogP contribution is 2.68. The highest BCUT2D eigenvalue weighted by molar-refractivity contribution is 8.13. The number of nitrogens with zero attached hydrogens (tertiary/aromatic N) is 2. The lowest BCUT2D eigenvalue weighted by Gasteiger charge is -2.62. The van der Waals surface area contributed by atoms with Crippen molar-refractivity contribution in [3.8, 4) is 5.69 Å². The first-order valence-electron chi connectivity index (χ1n) is 14.7. The van der Waals surface area contributed by atoms with Crippen LogP contribution in [0.3, 0.4) is 0 Å². The molecule has 0 spiro atoms. The van der Waals surface area contributed by atoms with E-state index in [9.17, 15) is 19.1 Å². The highest BCUT2D eigenvalue weighted by Gasteiger charge is 2.69. The predicted molar refractivity (Wildman–Crippen MR) is 156 cm³/mol. The number of hydrogen-bond acceptors (Lipinski definition) is 7. The molecule has 9 heteroatoms. The summed E-state index contributed by atoms with van der Waals surface area (Å²) in [4.78, 5) is 26.7. The van der Waals surface area contributed by atoms with E-state index in [0.29, 0.717) is 12.8 Å². The number of allylic oxidation sites excluding steroid dienone is 1. The van der Waals surface area contributed by atoms with Crippen LogP contribution in [0.25, 0.3) is 11.8 Å². The zero-order chi connectivity index (χ0) is 29.4. The van der Waals surface area contributed by atoms with Gasteiger partial charge in [0.05, 0.1) is 23.8 Å². The first-order valence-corrected chi connectivity index (χ1v) is 15.9. The van der Waals surface area contributed by atoms with Crippen molar-refractivity contribution < 1.29 is 28.2 Å². The zero-order valence-corrected chi connectivity index (χ0v) is 24.8. The van der Waals surface area contributed by atoms with Crippen LogP contribution in [-0.4, -0.2) is 43.9 Å². The van der Waals surface area contributed by atoms with Gasteiger partial charge in [-0.1, -0.05) is 31.2 Å². The van der Waals surface area contributed by atoms with Crippen LogP contribution in [0.1, 0.15) is 67.8 Å². The molecule has 0 amide bonds. The molecular formula is C33H35FN2O5S. The van der Waals surface area contributed by atoms with Crippen molar-refractivity contribution in [3.63, 3.8) is 0 Å². The van der Waals surface area contributed by atoms with Crippen LogP contribution >= 0.6 is 11.8 Å². The van der Waals surface area contributed by atoms with E-state index < -0.39 is 28.5 Å². The number of fused-ring (bicyclic) bond motifs is 6. The van der Waals surface area contributed by atoms with E-state index in [1.807, 2.05) is 10.9 Å². The molecule has 3 saturated carbocycles. The van der Waals surface area contributed by atoms with E-state index in [4.69, 9.17) is 9.15 Å². The maximum Gasteiger partial charge on any atom is 0.374 e. The summed E-state index contributed by atoms with van der Waals surface area (Å²) in [6.07, 6.45) is 11.0. The average molecular weight is 591 g/mol. The number of aliphatic hydroxyl groups is 1. The van der Waals surface area contributed by atoms with Crippen LogP contribution in [-0.2, 0) is 16.0 Å². The van der Waals surface area contributed by atoms with Crippen molar-refractivity contribution in [2.24, 2.45) is 28.6 Å². The van der Waals surface area contributed by atoms with Gasteiger partial charge in [0.15, 0.2) is 0 Å². The monoisotopic (exact) mass is 590 g/mol. The van der Waals surface area contributed by atoms with Gasteiger partial charge in [0.25, 0.3) is 0 Å². The van der Waals surface area contributed by atoms with Crippen molar-refractivity contribution in [2.75, 3.05) is 6.26 Å². The fourth-order valence-corrected chi connectivity index (χ4v) is 9.82. The van der Waals surface area contributed by atoms with Crippen LogP contribution in [0.15, 0.2) is 58.8 Å². The number of carbonyl (C=O) groups excluding carboxylic acids is 2. The van der Waals surface area contributed by atoms with Gasteiger partial charge < -0.3 is 14.3 Å². The van der Waals surface area contributed by atoms with Crippen molar-refractivity contribution in [3.05, 3.63) is 77.3 Å². The van der Waals surface area contributed by atoms with Gasteiger partial charge in [-0.05, 0) is 110 Å². The Bertz CT molecular complexity index is 1580. The first kappa shape index (κ1) is 27.7. The van der Waals surface area contributed by atoms with Crippen LogP contribution in [0.4, 0.5) is 4.39 Å². The third-order valence-electron chi connectivity index (χ3n) is 10.9. The predicted octanol–water partition coefficient (Wildman–Crippen LogP) is 6.24. The molecule has 7 nitrogen and oxygen atoms in total. The number of benzene rings is 1. The van der Waals surface area contributed by atoms with E-state index in [1.165, 1.54) is 24.0 Å². The normalized spacial score (nSPS) is 34.9. The third kappa shape index (κ3) is 3.92. The number of carbonyl (C=O) groups is 2. The Hall–Kier alpha value is -3.17. The average Bonchev–Trinajstić information content (AvgIpc) is 3.71. The van der Waals surface area contributed by atoms with Gasteiger partial charge in [-0.25, -0.2) is 13.9 Å². The quantitative estimate of drug-likeness (QED) is 0.359. The van der Waals surface area contributed by atoms with Gasteiger partial charge in [-0.2, -0.15) is 5.10 Å². The molecule has 0 aliphatic heterocycles. The largest absolute Gasteiger partial charge is 0.457 e. The molecule has 0 saturated heterocycles. The molecule has 4 aliphatic rings. The van der Waals surface area contributed by atoms with E-state index in [1.54, 1.807) is 30.5 Å². The lowest BCUT2D eigenvalue weighted by Crippen LogP contribution is -2.66. The molecule has 7 atom stereocenters. The minimum Gasteiger partial charge on any atom is -0.457 e. The SMILES string of the molecule is CSC(=O)[C@]1(O)C[C@]2(C)[C@H](OC(=O)c3ccco3)CC[C@H]2[C@@H]2CCC3=Cc4c(cnn4-c4ccc(F)cc4)C[C@]3(C)[C@H]21. The second kappa shape index (κ2) is 9.67. The Morgan fingerprint density at radius 1 is 1.17 bits per heavy atom. The summed E-state index contributed by atoms with van der Waals surface area (Å²) >= 11 is 1.08. The Kier molecular flexibility index (Phi) is 6.37.